The van der Waals surface area contributed by atoms with Crippen molar-refractivity contribution >= 4 is 15.7 Å². The number of aromatic nitrogens is 4. The summed E-state index contributed by atoms with van der Waals surface area (Å²) >= 11 is 0. The summed E-state index contributed by atoms with van der Waals surface area (Å²) in [5.41, 5.74) is 2.44. The van der Waals surface area contributed by atoms with Gasteiger partial charge in [0.1, 0.15) is 10.6 Å². The van der Waals surface area contributed by atoms with E-state index in [1.165, 1.54) is 6.20 Å². The van der Waals surface area contributed by atoms with Gasteiger partial charge in [-0.1, -0.05) is 12.1 Å². The molecule has 0 spiro atoms. The van der Waals surface area contributed by atoms with E-state index in [1.54, 1.807) is 43.6 Å². The van der Waals surface area contributed by atoms with Gasteiger partial charge in [0.05, 0.1) is 36.9 Å². The molecule has 0 aliphatic rings. The Labute approximate surface area is 152 Å². The zero-order chi connectivity index (χ0) is 18.9. The molecule has 3 aromatic rings. The van der Waals surface area contributed by atoms with Crippen molar-refractivity contribution in [2.24, 2.45) is 7.05 Å². The van der Waals surface area contributed by atoms with Crippen molar-refractivity contribution in [1.29, 1.82) is 0 Å². The van der Waals surface area contributed by atoms with Crippen molar-refractivity contribution in [3.05, 3.63) is 53.6 Å². The fourth-order valence-electron chi connectivity index (χ4n) is 2.81. The molecule has 0 amide bonds. The third kappa shape index (κ3) is 3.57. The molecule has 2 aromatic heterocycles. The molecule has 3 rings (SSSR count). The maximum Gasteiger partial charge on any atom is 0.265 e. The van der Waals surface area contributed by atoms with E-state index in [0.717, 1.165) is 11.3 Å². The van der Waals surface area contributed by atoms with Gasteiger partial charge in [-0.25, -0.2) is 8.42 Å². The van der Waals surface area contributed by atoms with Crippen LogP contribution in [0.2, 0.25) is 0 Å². The number of hydrogen-bond acceptors (Lipinski definition) is 5. The average Bonchev–Trinajstić information content (AvgIpc) is 3.11. The summed E-state index contributed by atoms with van der Waals surface area (Å²) < 4.78 is 36.4. The van der Waals surface area contributed by atoms with E-state index in [1.807, 2.05) is 24.3 Å². The second-order valence-electron chi connectivity index (χ2n) is 6.01. The lowest BCUT2D eigenvalue weighted by molar-refractivity contribution is 0.414. The topological polar surface area (TPSA) is 91.0 Å². The molecule has 2 heterocycles. The number of aryl methyl sites for hydroxylation is 2. The monoisotopic (exact) mass is 375 g/mol. The number of methoxy groups -OCH3 is 1. The lowest BCUT2D eigenvalue weighted by atomic mass is 10.2. The number of rotatable bonds is 6. The van der Waals surface area contributed by atoms with Gasteiger partial charge < -0.3 is 4.74 Å². The molecule has 0 atom stereocenters. The largest absolute Gasteiger partial charge is 0.497 e. The third-order valence-electron chi connectivity index (χ3n) is 4.08. The van der Waals surface area contributed by atoms with Crippen LogP contribution in [-0.4, -0.2) is 35.1 Å². The van der Waals surface area contributed by atoms with Crippen molar-refractivity contribution in [3.63, 3.8) is 0 Å². The third-order valence-corrected chi connectivity index (χ3v) is 5.71. The minimum Gasteiger partial charge on any atom is -0.497 e. The Morgan fingerprint density at radius 3 is 2.69 bits per heavy atom. The van der Waals surface area contributed by atoms with E-state index in [2.05, 4.69) is 14.9 Å². The van der Waals surface area contributed by atoms with E-state index in [0.29, 0.717) is 23.6 Å². The Balaban J connectivity index is 1.79. The number of ether oxygens (including phenoxy) is 1. The molecule has 138 valence electrons. The van der Waals surface area contributed by atoms with Gasteiger partial charge in [0.15, 0.2) is 0 Å². The zero-order valence-electron chi connectivity index (χ0n) is 15.1. The van der Waals surface area contributed by atoms with Crippen LogP contribution in [0.25, 0.3) is 0 Å². The predicted octanol–water partition coefficient (Wildman–Crippen LogP) is 2.09. The molecule has 9 heteroatoms. The van der Waals surface area contributed by atoms with Gasteiger partial charge in [0.25, 0.3) is 10.0 Å². The van der Waals surface area contributed by atoms with Crippen molar-refractivity contribution in [2.45, 2.75) is 25.3 Å². The van der Waals surface area contributed by atoms with Crippen LogP contribution in [-0.2, 0) is 23.6 Å². The Morgan fingerprint density at radius 2 is 2.04 bits per heavy atom. The summed E-state index contributed by atoms with van der Waals surface area (Å²) in [7, 11) is -0.401. The molecule has 0 radical (unpaired) electrons. The first-order chi connectivity index (χ1) is 12.3. The molecule has 0 aliphatic heterocycles. The number of sulfonamides is 1. The van der Waals surface area contributed by atoms with Crippen LogP contribution in [0.4, 0.5) is 5.69 Å². The normalized spacial score (nSPS) is 11.5. The number of nitrogens with zero attached hydrogens (tertiary/aromatic N) is 4. The minimum atomic E-state index is -3.73. The first-order valence-electron chi connectivity index (χ1n) is 7.98. The fourth-order valence-corrected chi connectivity index (χ4v) is 4.28. The van der Waals surface area contributed by atoms with E-state index >= 15 is 0 Å². The van der Waals surface area contributed by atoms with Crippen LogP contribution >= 0.6 is 0 Å². The van der Waals surface area contributed by atoms with Gasteiger partial charge >= 0.3 is 0 Å². The number of benzene rings is 1. The SMILES string of the molecule is COc1cccc(Cn2cc(NS(=O)(=O)c3c(C)nn(C)c3C)cn2)c1. The molecule has 1 aromatic carbocycles. The van der Waals surface area contributed by atoms with E-state index < -0.39 is 10.0 Å². The Hall–Kier alpha value is -2.81. The first-order valence-corrected chi connectivity index (χ1v) is 9.47. The first kappa shape index (κ1) is 18.0. The van der Waals surface area contributed by atoms with Crippen LogP contribution in [0.3, 0.4) is 0 Å². The zero-order valence-corrected chi connectivity index (χ0v) is 15.9. The average molecular weight is 375 g/mol. The summed E-state index contributed by atoms with van der Waals surface area (Å²) in [6.45, 7) is 3.90. The Bertz CT molecular complexity index is 1040. The molecule has 0 saturated heterocycles. The number of anilines is 1. The predicted molar refractivity (Wildman–Crippen MR) is 97.8 cm³/mol. The molecular formula is C17H21N5O3S. The lowest BCUT2D eigenvalue weighted by Gasteiger charge is -2.06. The summed E-state index contributed by atoms with van der Waals surface area (Å²) in [5.74, 6) is 0.762. The van der Waals surface area contributed by atoms with Crippen molar-refractivity contribution < 1.29 is 13.2 Å². The molecule has 0 saturated carbocycles. The van der Waals surface area contributed by atoms with Crippen LogP contribution in [0.5, 0.6) is 5.75 Å². The van der Waals surface area contributed by atoms with E-state index in [-0.39, 0.29) is 4.90 Å². The van der Waals surface area contributed by atoms with Crippen LogP contribution < -0.4 is 9.46 Å². The van der Waals surface area contributed by atoms with Gasteiger partial charge in [0.2, 0.25) is 0 Å². The maximum absolute atomic E-state index is 12.7. The molecule has 0 bridgehead atoms. The van der Waals surface area contributed by atoms with E-state index in [4.69, 9.17) is 4.74 Å². The Morgan fingerprint density at radius 1 is 1.27 bits per heavy atom. The molecule has 26 heavy (non-hydrogen) atoms. The van der Waals surface area contributed by atoms with Gasteiger partial charge in [0, 0.05) is 13.2 Å². The quantitative estimate of drug-likeness (QED) is 0.712. The van der Waals surface area contributed by atoms with Crippen molar-refractivity contribution in [1.82, 2.24) is 19.6 Å². The van der Waals surface area contributed by atoms with Gasteiger partial charge in [-0.15, -0.1) is 0 Å². The molecule has 8 nitrogen and oxygen atoms in total. The lowest BCUT2D eigenvalue weighted by Crippen LogP contribution is -2.14. The highest BCUT2D eigenvalue weighted by atomic mass is 32.2. The number of hydrogen-bond donors (Lipinski definition) is 1. The fraction of sp³-hybridized carbons (Fsp3) is 0.294. The van der Waals surface area contributed by atoms with Crippen LogP contribution in [0.15, 0.2) is 41.6 Å². The summed E-state index contributed by atoms with van der Waals surface area (Å²) in [5, 5.41) is 8.38. The van der Waals surface area contributed by atoms with Crippen LogP contribution in [0, 0.1) is 13.8 Å². The highest BCUT2D eigenvalue weighted by Crippen LogP contribution is 2.22. The molecular weight excluding hydrogens is 354 g/mol. The number of nitrogens with one attached hydrogen (secondary N) is 1. The van der Waals surface area contributed by atoms with Crippen molar-refractivity contribution in [2.75, 3.05) is 11.8 Å². The molecule has 0 fully saturated rings. The van der Waals surface area contributed by atoms with Gasteiger partial charge in [-0.2, -0.15) is 10.2 Å². The maximum atomic E-state index is 12.7. The van der Waals surface area contributed by atoms with Crippen LogP contribution in [0.1, 0.15) is 17.0 Å². The molecule has 0 aliphatic carbocycles. The second-order valence-corrected chi connectivity index (χ2v) is 7.63. The summed E-state index contributed by atoms with van der Waals surface area (Å²) in [4.78, 5) is 0.195. The second kappa shape index (κ2) is 6.83. The highest BCUT2D eigenvalue weighted by Gasteiger charge is 2.24. The highest BCUT2D eigenvalue weighted by molar-refractivity contribution is 7.92. The van der Waals surface area contributed by atoms with E-state index in [9.17, 15) is 8.42 Å². The van der Waals surface area contributed by atoms with Crippen molar-refractivity contribution in [3.8, 4) is 5.75 Å². The summed E-state index contributed by atoms with van der Waals surface area (Å²) in [6.07, 6.45) is 3.14. The minimum absolute atomic E-state index is 0.195. The van der Waals surface area contributed by atoms with Gasteiger partial charge in [-0.05, 0) is 31.5 Å². The smallest absolute Gasteiger partial charge is 0.265 e. The molecule has 0 unspecified atom stereocenters. The molecule has 1 N–H and O–H groups in total. The van der Waals surface area contributed by atoms with Gasteiger partial charge in [-0.3, -0.25) is 14.1 Å². The summed E-state index contributed by atoms with van der Waals surface area (Å²) in [6, 6.07) is 7.63. The Kier molecular flexibility index (Phi) is 4.73. The standard InChI is InChI=1S/C17H21N5O3S/c1-12-17(13(2)21(3)19-12)26(23,24)20-15-9-18-22(11-15)10-14-6-5-7-16(8-14)25-4/h5-9,11,20H,10H2,1-4H3.